The molecule has 1 unspecified atom stereocenters. The summed E-state index contributed by atoms with van der Waals surface area (Å²) in [4.78, 5) is 14.0. The Morgan fingerprint density at radius 1 is 1.25 bits per heavy atom. The summed E-state index contributed by atoms with van der Waals surface area (Å²) in [5, 5.41) is 3.41. The van der Waals surface area contributed by atoms with E-state index in [1.807, 2.05) is 11.8 Å². The van der Waals surface area contributed by atoms with E-state index in [9.17, 15) is 4.79 Å². The van der Waals surface area contributed by atoms with Gasteiger partial charge in [-0.05, 0) is 45.1 Å². The fourth-order valence-electron chi connectivity index (χ4n) is 2.86. The van der Waals surface area contributed by atoms with Crippen molar-refractivity contribution in [1.29, 1.82) is 0 Å². The van der Waals surface area contributed by atoms with Crippen LogP contribution in [0.2, 0.25) is 0 Å². The highest BCUT2D eigenvalue weighted by molar-refractivity contribution is 5.81. The molecule has 0 aromatic carbocycles. The first-order valence-corrected chi connectivity index (χ1v) is 6.79. The van der Waals surface area contributed by atoms with Crippen molar-refractivity contribution < 1.29 is 4.79 Å². The number of carbonyl (C=O) groups is 1. The van der Waals surface area contributed by atoms with Crippen LogP contribution in [0.15, 0.2) is 0 Å². The van der Waals surface area contributed by atoms with Crippen LogP contribution < -0.4 is 5.32 Å². The van der Waals surface area contributed by atoms with Gasteiger partial charge < -0.3 is 10.2 Å². The van der Waals surface area contributed by atoms with Crippen LogP contribution in [0.4, 0.5) is 0 Å². The van der Waals surface area contributed by atoms with Gasteiger partial charge in [0.15, 0.2) is 0 Å². The number of rotatable bonds is 4. The minimum Gasteiger partial charge on any atom is -0.341 e. The van der Waals surface area contributed by atoms with Crippen LogP contribution in [0.3, 0.4) is 0 Å². The van der Waals surface area contributed by atoms with E-state index in [1.54, 1.807) is 0 Å². The van der Waals surface area contributed by atoms with Crippen LogP contribution in [-0.4, -0.2) is 36.5 Å². The van der Waals surface area contributed by atoms with E-state index in [1.165, 1.54) is 38.5 Å². The molecule has 1 N–H and O–H groups in total. The lowest BCUT2D eigenvalue weighted by atomic mass is 10.1. The number of hydrogen-bond donors (Lipinski definition) is 1. The molecule has 0 aromatic heterocycles. The SMILES string of the molecule is CC(NCC1CCCC1)C(=O)N1CCCC1. The predicted octanol–water partition coefficient (Wildman–Crippen LogP) is 1.78. The van der Waals surface area contributed by atoms with Gasteiger partial charge in [0.2, 0.25) is 5.91 Å². The van der Waals surface area contributed by atoms with Gasteiger partial charge in [-0.25, -0.2) is 0 Å². The smallest absolute Gasteiger partial charge is 0.239 e. The van der Waals surface area contributed by atoms with Crippen molar-refractivity contribution in [2.75, 3.05) is 19.6 Å². The lowest BCUT2D eigenvalue weighted by Gasteiger charge is -2.22. The number of likely N-dealkylation sites (tertiary alicyclic amines) is 1. The third-order valence-electron chi connectivity index (χ3n) is 3.98. The molecule has 1 aliphatic heterocycles. The molecule has 1 aliphatic carbocycles. The molecule has 1 atom stereocenters. The number of carbonyl (C=O) groups excluding carboxylic acids is 1. The van der Waals surface area contributed by atoms with Crippen molar-refractivity contribution in [3.8, 4) is 0 Å². The molecule has 1 amide bonds. The number of hydrogen-bond acceptors (Lipinski definition) is 2. The molecule has 0 spiro atoms. The summed E-state index contributed by atoms with van der Waals surface area (Å²) in [5.41, 5.74) is 0. The molecular weight excluding hydrogens is 200 g/mol. The Morgan fingerprint density at radius 2 is 1.88 bits per heavy atom. The molecule has 2 fully saturated rings. The summed E-state index contributed by atoms with van der Waals surface area (Å²) in [7, 11) is 0. The normalized spacial score (nSPS) is 23.9. The van der Waals surface area contributed by atoms with Gasteiger partial charge in [-0.1, -0.05) is 12.8 Å². The number of amides is 1. The highest BCUT2D eigenvalue weighted by Crippen LogP contribution is 2.23. The maximum Gasteiger partial charge on any atom is 0.239 e. The molecular formula is C13H24N2O. The molecule has 0 radical (unpaired) electrons. The molecule has 2 rings (SSSR count). The van der Waals surface area contributed by atoms with Crippen molar-refractivity contribution in [3.63, 3.8) is 0 Å². The molecule has 0 aromatic rings. The summed E-state index contributed by atoms with van der Waals surface area (Å²) < 4.78 is 0. The standard InChI is InChI=1S/C13H24N2O/c1-11(13(16)15-8-4-5-9-15)14-10-12-6-2-3-7-12/h11-12,14H,2-10H2,1H3. The lowest BCUT2D eigenvalue weighted by Crippen LogP contribution is -2.44. The van der Waals surface area contributed by atoms with Crippen molar-refractivity contribution in [1.82, 2.24) is 10.2 Å². The van der Waals surface area contributed by atoms with Gasteiger partial charge in [0.1, 0.15) is 0 Å². The highest BCUT2D eigenvalue weighted by Gasteiger charge is 2.24. The Labute approximate surface area is 98.6 Å². The van der Waals surface area contributed by atoms with Crippen LogP contribution in [0.1, 0.15) is 45.4 Å². The van der Waals surface area contributed by atoms with E-state index in [-0.39, 0.29) is 6.04 Å². The van der Waals surface area contributed by atoms with Crippen molar-refractivity contribution in [3.05, 3.63) is 0 Å². The van der Waals surface area contributed by atoms with Gasteiger partial charge in [0.25, 0.3) is 0 Å². The van der Waals surface area contributed by atoms with Crippen LogP contribution >= 0.6 is 0 Å². The largest absolute Gasteiger partial charge is 0.341 e. The average Bonchev–Trinajstić information content (AvgIpc) is 2.96. The topological polar surface area (TPSA) is 32.3 Å². The van der Waals surface area contributed by atoms with Gasteiger partial charge in [-0.2, -0.15) is 0 Å². The van der Waals surface area contributed by atoms with E-state index in [2.05, 4.69) is 5.32 Å². The molecule has 1 saturated heterocycles. The second kappa shape index (κ2) is 5.67. The minimum absolute atomic E-state index is 0.0127. The first-order chi connectivity index (χ1) is 7.77. The Balaban J connectivity index is 1.69. The first kappa shape index (κ1) is 11.9. The summed E-state index contributed by atoms with van der Waals surface area (Å²) in [6.45, 7) is 4.97. The maximum atomic E-state index is 12.0. The van der Waals surface area contributed by atoms with E-state index in [4.69, 9.17) is 0 Å². The Hall–Kier alpha value is -0.570. The molecule has 3 heteroatoms. The fraction of sp³-hybridized carbons (Fsp3) is 0.923. The first-order valence-electron chi connectivity index (χ1n) is 6.79. The molecule has 3 nitrogen and oxygen atoms in total. The van der Waals surface area contributed by atoms with Crippen molar-refractivity contribution in [2.24, 2.45) is 5.92 Å². The van der Waals surface area contributed by atoms with Gasteiger partial charge in [0, 0.05) is 13.1 Å². The molecule has 2 aliphatic rings. The second-order valence-corrected chi connectivity index (χ2v) is 5.31. The number of nitrogens with one attached hydrogen (secondary N) is 1. The van der Waals surface area contributed by atoms with Gasteiger partial charge in [-0.15, -0.1) is 0 Å². The summed E-state index contributed by atoms with van der Waals surface area (Å²) in [5.74, 6) is 1.12. The van der Waals surface area contributed by atoms with E-state index < -0.39 is 0 Å². The minimum atomic E-state index is 0.0127. The molecule has 1 saturated carbocycles. The molecule has 0 bridgehead atoms. The fourth-order valence-corrected chi connectivity index (χ4v) is 2.86. The molecule has 1 heterocycles. The summed E-state index contributed by atoms with van der Waals surface area (Å²) in [6.07, 6.45) is 7.80. The zero-order valence-electron chi connectivity index (χ0n) is 10.4. The van der Waals surface area contributed by atoms with Gasteiger partial charge in [-0.3, -0.25) is 4.79 Å². The predicted molar refractivity (Wildman–Crippen MR) is 65.2 cm³/mol. The van der Waals surface area contributed by atoms with E-state index in [0.717, 1.165) is 25.6 Å². The average molecular weight is 224 g/mol. The van der Waals surface area contributed by atoms with Gasteiger partial charge >= 0.3 is 0 Å². The maximum absolute atomic E-state index is 12.0. The van der Waals surface area contributed by atoms with Gasteiger partial charge in [0.05, 0.1) is 6.04 Å². The van der Waals surface area contributed by atoms with Crippen molar-refractivity contribution in [2.45, 2.75) is 51.5 Å². The highest BCUT2D eigenvalue weighted by atomic mass is 16.2. The molecule has 16 heavy (non-hydrogen) atoms. The van der Waals surface area contributed by atoms with Crippen LogP contribution in [0.5, 0.6) is 0 Å². The van der Waals surface area contributed by atoms with E-state index >= 15 is 0 Å². The summed E-state index contributed by atoms with van der Waals surface area (Å²) >= 11 is 0. The van der Waals surface area contributed by atoms with Crippen molar-refractivity contribution >= 4 is 5.91 Å². The zero-order chi connectivity index (χ0) is 11.4. The third-order valence-corrected chi connectivity index (χ3v) is 3.98. The van der Waals surface area contributed by atoms with Crippen LogP contribution in [0, 0.1) is 5.92 Å². The molecule has 92 valence electrons. The Kier molecular flexibility index (Phi) is 4.22. The Morgan fingerprint density at radius 3 is 2.50 bits per heavy atom. The zero-order valence-corrected chi connectivity index (χ0v) is 10.4. The third kappa shape index (κ3) is 2.97. The Bertz CT molecular complexity index is 230. The van der Waals surface area contributed by atoms with Crippen LogP contribution in [0.25, 0.3) is 0 Å². The lowest BCUT2D eigenvalue weighted by molar-refractivity contribution is -0.131. The number of nitrogens with zero attached hydrogens (tertiary/aromatic N) is 1. The monoisotopic (exact) mass is 224 g/mol. The summed E-state index contributed by atoms with van der Waals surface area (Å²) in [6, 6.07) is 0.0127. The van der Waals surface area contributed by atoms with E-state index in [0.29, 0.717) is 5.91 Å². The second-order valence-electron chi connectivity index (χ2n) is 5.31. The van der Waals surface area contributed by atoms with Crippen LogP contribution in [-0.2, 0) is 4.79 Å². The quantitative estimate of drug-likeness (QED) is 0.789.